The molecular weight excluding hydrogens is 277 g/mol. The van der Waals surface area contributed by atoms with E-state index < -0.39 is 0 Å². The van der Waals surface area contributed by atoms with Crippen LogP contribution in [0, 0.1) is 6.92 Å². The lowest BCUT2D eigenvalue weighted by atomic mass is 10.4. The van der Waals surface area contributed by atoms with Crippen molar-refractivity contribution in [1.29, 1.82) is 0 Å². The van der Waals surface area contributed by atoms with E-state index >= 15 is 0 Å². The third-order valence-corrected chi connectivity index (χ3v) is 3.42. The highest BCUT2D eigenvalue weighted by molar-refractivity contribution is 7.98. The summed E-state index contributed by atoms with van der Waals surface area (Å²) >= 11 is 13.3. The van der Waals surface area contributed by atoms with Gasteiger partial charge in [-0.05, 0) is 24.6 Å². The summed E-state index contributed by atoms with van der Waals surface area (Å²) in [5.41, 5.74) is 1.78. The van der Waals surface area contributed by atoms with E-state index in [-0.39, 0.29) is 0 Å². The van der Waals surface area contributed by atoms with Crippen LogP contribution >= 0.6 is 35.0 Å². The van der Waals surface area contributed by atoms with Crippen molar-refractivity contribution in [3.63, 3.8) is 0 Å². The van der Waals surface area contributed by atoms with E-state index in [9.17, 15) is 0 Å². The average Bonchev–Trinajstić information content (AvgIpc) is 2.32. The van der Waals surface area contributed by atoms with Gasteiger partial charge in [-0.15, -0.1) is 0 Å². The second-order valence-corrected chi connectivity index (χ2v) is 5.13. The second-order valence-electron chi connectivity index (χ2n) is 3.39. The summed E-state index contributed by atoms with van der Waals surface area (Å²) < 4.78 is 0. The molecule has 0 bridgehead atoms. The highest BCUT2D eigenvalue weighted by atomic mass is 35.5. The van der Waals surface area contributed by atoms with E-state index in [4.69, 9.17) is 23.2 Å². The molecule has 17 heavy (non-hydrogen) atoms. The second kappa shape index (κ2) is 5.67. The van der Waals surface area contributed by atoms with Crippen molar-refractivity contribution < 1.29 is 0 Å². The minimum Gasteiger partial charge on any atom is -0.239 e. The summed E-state index contributed by atoms with van der Waals surface area (Å²) in [7, 11) is 0. The molecule has 6 heteroatoms. The Labute approximate surface area is 114 Å². The van der Waals surface area contributed by atoms with Crippen LogP contribution in [0.1, 0.15) is 11.3 Å². The van der Waals surface area contributed by atoms with Gasteiger partial charge in [-0.3, -0.25) is 0 Å². The first-order valence-electron chi connectivity index (χ1n) is 4.87. The number of nitrogens with zero attached hydrogens (tertiary/aromatic N) is 3. The van der Waals surface area contributed by atoms with Gasteiger partial charge in [-0.1, -0.05) is 35.0 Å². The maximum atomic E-state index is 6.01. The lowest BCUT2D eigenvalue weighted by Crippen LogP contribution is -1.91. The maximum Gasteiger partial charge on any atom is 0.187 e. The standard InChI is InChI=1S/C11H9Cl2N3S/c1-7-4-14-11(15-5-7)17-6-9-8(12)2-3-10(13)16-9/h2-5H,6H2,1H3. The van der Waals surface area contributed by atoms with Gasteiger partial charge in [-0.2, -0.15) is 0 Å². The molecule has 2 aromatic rings. The first-order valence-corrected chi connectivity index (χ1v) is 6.61. The van der Waals surface area contributed by atoms with Gasteiger partial charge in [0.05, 0.1) is 10.7 Å². The zero-order valence-electron chi connectivity index (χ0n) is 9.02. The zero-order valence-corrected chi connectivity index (χ0v) is 11.4. The van der Waals surface area contributed by atoms with E-state index in [1.54, 1.807) is 24.5 Å². The molecule has 0 amide bonds. The van der Waals surface area contributed by atoms with Gasteiger partial charge in [0, 0.05) is 18.1 Å². The monoisotopic (exact) mass is 285 g/mol. The molecule has 0 saturated carbocycles. The lowest BCUT2D eigenvalue weighted by Gasteiger charge is -2.03. The van der Waals surface area contributed by atoms with Crippen LogP contribution in [0.15, 0.2) is 29.7 Å². The maximum absolute atomic E-state index is 6.01. The van der Waals surface area contributed by atoms with E-state index in [0.29, 0.717) is 21.1 Å². The van der Waals surface area contributed by atoms with Crippen LogP contribution in [0.2, 0.25) is 10.2 Å². The fraction of sp³-hybridized carbons (Fsp3) is 0.182. The minimum absolute atomic E-state index is 0.440. The summed E-state index contributed by atoms with van der Waals surface area (Å²) in [6, 6.07) is 3.41. The van der Waals surface area contributed by atoms with Gasteiger partial charge < -0.3 is 0 Å². The number of hydrogen-bond donors (Lipinski definition) is 0. The molecule has 0 aliphatic carbocycles. The molecule has 0 aromatic carbocycles. The van der Waals surface area contributed by atoms with Gasteiger partial charge in [-0.25, -0.2) is 15.0 Å². The molecule has 88 valence electrons. The molecule has 2 heterocycles. The van der Waals surface area contributed by atoms with Crippen LogP contribution in [0.3, 0.4) is 0 Å². The quantitative estimate of drug-likeness (QED) is 0.489. The van der Waals surface area contributed by atoms with Crippen molar-refractivity contribution in [2.75, 3.05) is 0 Å². The molecule has 0 radical (unpaired) electrons. The Kier molecular flexibility index (Phi) is 4.20. The van der Waals surface area contributed by atoms with Crippen molar-refractivity contribution in [2.24, 2.45) is 0 Å². The van der Waals surface area contributed by atoms with Crippen LogP contribution in [-0.4, -0.2) is 15.0 Å². The fourth-order valence-electron chi connectivity index (χ4n) is 1.15. The minimum atomic E-state index is 0.440. The molecule has 0 atom stereocenters. The van der Waals surface area contributed by atoms with Crippen LogP contribution in [-0.2, 0) is 5.75 Å². The van der Waals surface area contributed by atoms with Crippen LogP contribution in [0.5, 0.6) is 0 Å². The van der Waals surface area contributed by atoms with Crippen molar-refractivity contribution in [1.82, 2.24) is 15.0 Å². The third kappa shape index (κ3) is 3.56. The van der Waals surface area contributed by atoms with E-state index in [1.807, 2.05) is 6.92 Å². The van der Waals surface area contributed by atoms with Gasteiger partial charge in [0.25, 0.3) is 0 Å². The molecule has 2 rings (SSSR count). The number of pyridine rings is 1. The van der Waals surface area contributed by atoms with Crippen molar-refractivity contribution in [2.45, 2.75) is 17.8 Å². The number of aromatic nitrogens is 3. The van der Waals surface area contributed by atoms with Gasteiger partial charge >= 0.3 is 0 Å². The molecular formula is C11H9Cl2N3S. The van der Waals surface area contributed by atoms with Gasteiger partial charge in [0.1, 0.15) is 5.15 Å². The highest BCUT2D eigenvalue weighted by Crippen LogP contribution is 2.24. The normalized spacial score (nSPS) is 10.5. The summed E-state index contributed by atoms with van der Waals surface area (Å²) in [4.78, 5) is 12.5. The first-order chi connectivity index (χ1) is 8.15. The molecule has 0 unspecified atom stereocenters. The highest BCUT2D eigenvalue weighted by Gasteiger charge is 2.05. The average molecular weight is 286 g/mol. The summed E-state index contributed by atoms with van der Waals surface area (Å²) in [5.74, 6) is 0.600. The SMILES string of the molecule is Cc1cnc(SCc2nc(Cl)ccc2Cl)nc1. The number of rotatable bonds is 3. The first kappa shape index (κ1) is 12.6. The molecule has 0 N–H and O–H groups in total. The van der Waals surface area contributed by atoms with Crippen molar-refractivity contribution in [3.05, 3.63) is 46.0 Å². The lowest BCUT2D eigenvalue weighted by molar-refractivity contribution is 0.948. The van der Waals surface area contributed by atoms with E-state index in [0.717, 1.165) is 11.3 Å². The third-order valence-electron chi connectivity index (χ3n) is 1.98. The Hall–Kier alpha value is -0.840. The van der Waals surface area contributed by atoms with Crippen LogP contribution < -0.4 is 0 Å². The van der Waals surface area contributed by atoms with Gasteiger partial charge in [0.2, 0.25) is 0 Å². The van der Waals surface area contributed by atoms with Crippen molar-refractivity contribution in [3.8, 4) is 0 Å². The number of halogens is 2. The Balaban J connectivity index is 2.07. The molecule has 2 aromatic heterocycles. The smallest absolute Gasteiger partial charge is 0.187 e. The summed E-state index contributed by atoms with van der Waals surface area (Å²) in [5, 5.41) is 1.75. The predicted octanol–water partition coefficient (Wildman–Crippen LogP) is 3.78. The molecule has 0 aliphatic rings. The van der Waals surface area contributed by atoms with Crippen molar-refractivity contribution >= 4 is 35.0 Å². The fourth-order valence-corrected chi connectivity index (χ4v) is 2.30. The number of aryl methyl sites for hydroxylation is 1. The summed E-state index contributed by atoms with van der Waals surface area (Å²) in [6.07, 6.45) is 3.56. The van der Waals surface area contributed by atoms with Gasteiger partial charge in [0.15, 0.2) is 5.16 Å². The molecule has 0 spiro atoms. The largest absolute Gasteiger partial charge is 0.239 e. The Bertz CT molecular complexity index is 517. The van der Waals surface area contributed by atoms with E-state index in [2.05, 4.69) is 15.0 Å². The molecule has 0 saturated heterocycles. The molecule has 0 aliphatic heterocycles. The predicted molar refractivity (Wildman–Crippen MR) is 70.6 cm³/mol. The molecule has 3 nitrogen and oxygen atoms in total. The van der Waals surface area contributed by atoms with Crippen LogP contribution in [0.4, 0.5) is 0 Å². The Morgan fingerprint density at radius 3 is 2.59 bits per heavy atom. The summed E-state index contributed by atoms with van der Waals surface area (Å²) in [6.45, 7) is 1.95. The Morgan fingerprint density at radius 2 is 1.88 bits per heavy atom. The topological polar surface area (TPSA) is 38.7 Å². The number of hydrogen-bond acceptors (Lipinski definition) is 4. The zero-order chi connectivity index (χ0) is 12.3. The molecule has 0 fully saturated rings. The Morgan fingerprint density at radius 1 is 1.18 bits per heavy atom. The number of thioether (sulfide) groups is 1. The van der Waals surface area contributed by atoms with E-state index in [1.165, 1.54) is 11.8 Å². The van der Waals surface area contributed by atoms with Crippen LogP contribution in [0.25, 0.3) is 0 Å².